The molecule has 0 saturated carbocycles. The van der Waals surface area contributed by atoms with Gasteiger partial charge in [0, 0.05) is 44.0 Å². The fourth-order valence-electron chi connectivity index (χ4n) is 6.09. The second-order valence-corrected chi connectivity index (χ2v) is 10.7. The first-order chi connectivity index (χ1) is 18.2. The van der Waals surface area contributed by atoms with E-state index in [1.165, 1.54) is 12.1 Å². The summed E-state index contributed by atoms with van der Waals surface area (Å²) in [6.45, 7) is 2.15. The van der Waals surface area contributed by atoms with Crippen molar-refractivity contribution in [1.29, 1.82) is 0 Å². The lowest BCUT2D eigenvalue weighted by Crippen LogP contribution is -2.54. The number of carboxylic acids is 1. The highest BCUT2D eigenvalue weighted by Gasteiger charge is 2.58. The maximum Gasteiger partial charge on any atom is 0.394 e. The number of piperidine rings is 2. The Bertz CT molecular complexity index is 1040. The molecule has 0 bridgehead atoms. The second-order valence-electron chi connectivity index (χ2n) is 10.7. The topological polar surface area (TPSA) is 64.1 Å². The maximum atomic E-state index is 14.6. The molecule has 3 aliphatic heterocycles. The van der Waals surface area contributed by atoms with Gasteiger partial charge >= 0.3 is 18.3 Å². The highest BCUT2D eigenvalue weighted by Crippen LogP contribution is 2.44. The van der Waals surface area contributed by atoms with Crippen molar-refractivity contribution >= 4 is 24.7 Å². The van der Waals surface area contributed by atoms with Crippen LogP contribution in [-0.2, 0) is 11.3 Å². The van der Waals surface area contributed by atoms with Crippen LogP contribution in [0.5, 0.6) is 0 Å². The third kappa shape index (κ3) is 6.81. The van der Waals surface area contributed by atoms with Gasteiger partial charge in [0.2, 0.25) is 0 Å². The lowest BCUT2D eigenvalue weighted by atomic mass is 9.61. The van der Waals surface area contributed by atoms with E-state index in [1.54, 1.807) is 0 Å². The van der Waals surface area contributed by atoms with Crippen LogP contribution in [0, 0.1) is 11.7 Å². The number of amides is 1. The Morgan fingerprint density at radius 1 is 0.949 bits per heavy atom. The fourth-order valence-corrected chi connectivity index (χ4v) is 6.09. The van der Waals surface area contributed by atoms with Gasteiger partial charge in [0.05, 0.1) is 5.92 Å². The Kier molecular flexibility index (Phi) is 8.44. The van der Waals surface area contributed by atoms with Gasteiger partial charge in [-0.05, 0) is 68.8 Å². The van der Waals surface area contributed by atoms with Crippen molar-refractivity contribution in [3.63, 3.8) is 0 Å². The summed E-state index contributed by atoms with van der Waals surface area (Å²) >= 11 is 0. The maximum absolute atomic E-state index is 14.6. The van der Waals surface area contributed by atoms with Crippen molar-refractivity contribution < 1.29 is 45.4 Å². The second kappa shape index (κ2) is 11.2. The lowest BCUT2D eigenvalue weighted by molar-refractivity contribution is -0.230. The van der Waals surface area contributed by atoms with E-state index in [9.17, 15) is 45.4 Å². The summed E-state index contributed by atoms with van der Waals surface area (Å²) in [5.41, 5.74) is 1.01. The van der Waals surface area contributed by atoms with E-state index in [1.807, 2.05) is 11.0 Å². The number of benzene rings is 1. The summed E-state index contributed by atoms with van der Waals surface area (Å²) in [6.07, 6.45) is -7.91. The standard InChI is InChI=1S/C25H30BF7N3O3/c27-18-12-16(13-19(14-18)34-8-2-17(3-9-34)20(37)38)15-36-7-1-4-23(36)5-10-35(11-6-23)22(39)26-21(24(28,29)30)25(31,32)33/h12-14,17,21H,1-11,15H2,(H,37,38). The Labute approximate surface area is 222 Å². The number of anilines is 1. The average Bonchev–Trinajstić information content (AvgIpc) is 3.22. The number of likely N-dealkylation sites (tertiary alicyclic amines) is 2. The number of carbonyl (C=O) groups is 2. The largest absolute Gasteiger partial charge is 0.481 e. The molecule has 1 aromatic carbocycles. The third-order valence-corrected chi connectivity index (χ3v) is 8.29. The number of halogens is 7. The summed E-state index contributed by atoms with van der Waals surface area (Å²) in [5.74, 6) is -6.76. The minimum absolute atomic E-state index is 0.0290. The Morgan fingerprint density at radius 3 is 2.13 bits per heavy atom. The summed E-state index contributed by atoms with van der Waals surface area (Å²) in [6, 6.07) is 4.72. The van der Waals surface area contributed by atoms with Crippen molar-refractivity contribution in [3.8, 4) is 0 Å². The zero-order valence-electron chi connectivity index (χ0n) is 21.2. The minimum atomic E-state index is -5.61. The molecule has 1 amide bonds. The molecule has 0 atom stereocenters. The van der Waals surface area contributed by atoms with Gasteiger partial charge < -0.3 is 14.9 Å². The highest BCUT2D eigenvalue weighted by atomic mass is 19.4. The van der Waals surface area contributed by atoms with Crippen molar-refractivity contribution in [2.24, 2.45) is 5.92 Å². The van der Waals surface area contributed by atoms with Crippen LogP contribution in [-0.4, -0.2) is 84.6 Å². The molecule has 3 saturated heterocycles. The lowest BCUT2D eigenvalue weighted by Gasteiger charge is -2.45. The van der Waals surface area contributed by atoms with E-state index >= 15 is 0 Å². The molecule has 1 spiro atoms. The molecule has 3 fully saturated rings. The average molecular weight is 564 g/mol. The van der Waals surface area contributed by atoms with Crippen LogP contribution in [0.4, 0.5) is 41.2 Å². The summed E-state index contributed by atoms with van der Waals surface area (Å²) in [5, 5.41) is 9.22. The monoisotopic (exact) mass is 564 g/mol. The van der Waals surface area contributed by atoms with Crippen LogP contribution >= 0.6 is 0 Å². The van der Waals surface area contributed by atoms with Crippen LogP contribution < -0.4 is 4.90 Å². The van der Waals surface area contributed by atoms with E-state index in [4.69, 9.17) is 0 Å². The summed E-state index contributed by atoms with van der Waals surface area (Å²) in [7, 11) is -0.280. The molecular formula is C25H30BF7N3O3. The van der Waals surface area contributed by atoms with Gasteiger partial charge in [-0.1, -0.05) is 0 Å². The molecule has 0 aromatic heterocycles. The van der Waals surface area contributed by atoms with Gasteiger partial charge in [-0.25, -0.2) is 4.39 Å². The van der Waals surface area contributed by atoms with Crippen molar-refractivity contribution in [2.75, 3.05) is 37.6 Å². The zero-order chi connectivity index (χ0) is 28.6. The molecule has 3 heterocycles. The molecular weight excluding hydrogens is 534 g/mol. The number of nitrogens with zero attached hydrogens (tertiary/aromatic N) is 3. The fraction of sp³-hybridized carbons (Fsp3) is 0.680. The number of rotatable bonds is 6. The molecule has 3 aliphatic rings. The molecule has 39 heavy (non-hydrogen) atoms. The number of aliphatic carboxylic acids is 1. The van der Waals surface area contributed by atoms with Crippen molar-refractivity contribution in [3.05, 3.63) is 29.6 Å². The van der Waals surface area contributed by atoms with Gasteiger partial charge in [0.1, 0.15) is 11.6 Å². The molecule has 14 heteroatoms. The predicted molar refractivity (Wildman–Crippen MR) is 129 cm³/mol. The number of hydrogen-bond acceptors (Lipinski definition) is 4. The smallest absolute Gasteiger partial charge is 0.394 e. The molecule has 0 unspecified atom stereocenters. The molecule has 1 radical (unpaired) electrons. The van der Waals surface area contributed by atoms with E-state index in [0.29, 0.717) is 57.5 Å². The zero-order valence-corrected chi connectivity index (χ0v) is 21.2. The first kappa shape index (κ1) is 29.5. The molecule has 0 aliphatic carbocycles. The molecule has 4 rings (SSSR count). The van der Waals surface area contributed by atoms with Crippen LogP contribution in [0.3, 0.4) is 0 Å². The molecule has 1 N–H and O–H groups in total. The van der Waals surface area contributed by atoms with Crippen LogP contribution in [0.15, 0.2) is 18.2 Å². The molecule has 1 aromatic rings. The minimum Gasteiger partial charge on any atom is -0.481 e. The van der Waals surface area contributed by atoms with E-state index < -0.39 is 41.7 Å². The van der Waals surface area contributed by atoms with E-state index in [-0.39, 0.29) is 25.9 Å². The highest BCUT2D eigenvalue weighted by molar-refractivity contribution is 6.74. The number of hydrogen-bond donors (Lipinski definition) is 1. The quantitative estimate of drug-likeness (QED) is 0.376. The number of carboxylic acid groups (broad SMARTS) is 1. The van der Waals surface area contributed by atoms with E-state index in [2.05, 4.69) is 4.90 Å². The summed E-state index contributed by atoms with van der Waals surface area (Å²) in [4.78, 5) is 28.7. The normalized spacial score (nSPS) is 21.1. The SMILES string of the molecule is O=C(O)C1CCN(c2cc(F)cc(CN3CCCC34CCN(C(=O)[B]C(C(F)(F)F)C(F)(F)F)CC4)c2)CC1. The van der Waals surface area contributed by atoms with Gasteiger partial charge in [-0.2, -0.15) is 26.3 Å². The first-order valence-electron chi connectivity index (χ1n) is 13.0. The van der Waals surface area contributed by atoms with Gasteiger partial charge in [0.15, 0.2) is 5.81 Å². The van der Waals surface area contributed by atoms with Crippen molar-refractivity contribution in [2.45, 2.75) is 68.8 Å². The Balaban J connectivity index is 1.39. The summed E-state index contributed by atoms with van der Waals surface area (Å²) < 4.78 is 91.9. The van der Waals surface area contributed by atoms with Crippen LogP contribution in [0.25, 0.3) is 0 Å². The third-order valence-electron chi connectivity index (χ3n) is 8.29. The van der Waals surface area contributed by atoms with Crippen LogP contribution in [0.1, 0.15) is 44.1 Å². The Morgan fingerprint density at radius 2 is 1.56 bits per heavy atom. The van der Waals surface area contributed by atoms with Crippen molar-refractivity contribution in [1.82, 2.24) is 9.80 Å². The van der Waals surface area contributed by atoms with E-state index in [0.717, 1.165) is 23.3 Å². The molecule has 215 valence electrons. The first-order valence-corrected chi connectivity index (χ1v) is 13.0. The molecule has 6 nitrogen and oxygen atoms in total. The predicted octanol–water partition coefficient (Wildman–Crippen LogP) is 5.29. The van der Waals surface area contributed by atoms with Gasteiger partial charge in [0.25, 0.3) is 7.28 Å². The Hall–Kier alpha value is -2.51. The number of alkyl halides is 6. The van der Waals surface area contributed by atoms with Gasteiger partial charge in [-0.15, -0.1) is 0 Å². The number of carbonyl (C=O) groups excluding carboxylic acids is 1. The van der Waals surface area contributed by atoms with Gasteiger partial charge in [-0.3, -0.25) is 14.5 Å². The van der Waals surface area contributed by atoms with Crippen LogP contribution in [0.2, 0.25) is 5.82 Å².